The van der Waals surface area contributed by atoms with Crippen molar-refractivity contribution >= 4 is 5.97 Å². The zero-order chi connectivity index (χ0) is 13.0. The Morgan fingerprint density at radius 3 is 2.71 bits per heavy atom. The van der Waals surface area contributed by atoms with Crippen LogP contribution in [0.3, 0.4) is 0 Å². The van der Waals surface area contributed by atoms with Crippen molar-refractivity contribution in [3.05, 3.63) is 34.9 Å². The van der Waals surface area contributed by atoms with Crippen molar-refractivity contribution in [1.29, 1.82) is 0 Å². The van der Waals surface area contributed by atoms with Crippen LogP contribution in [0.4, 0.5) is 8.78 Å². The standard InChI is InChI=1S/C11H13F2NO3/c1-17-5-7-8(12)3-2-6(11(7)13)9(14)4-10(15)16/h2-3,9H,4-5,14H2,1H3,(H,15,16). The van der Waals surface area contributed by atoms with Crippen molar-refractivity contribution in [2.45, 2.75) is 19.1 Å². The SMILES string of the molecule is COCc1c(F)ccc(C(N)CC(=O)O)c1F. The average molecular weight is 245 g/mol. The van der Waals surface area contributed by atoms with Crippen molar-refractivity contribution in [3.63, 3.8) is 0 Å². The topological polar surface area (TPSA) is 72.5 Å². The van der Waals surface area contributed by atoms with Crippen molar-refractivity contribution < 1.29 is 23.4 Å². The van der Waals surface area contributed by atoms with E-state index in [1.807, 2.05) is 0 Å². The van der Waals surface area contributed by atoms with Gasteiger partial charge < -0.3 is 15.6 Å². The number of benzene rings is 1. The Hall–Kier alpha value is -1.53. The Labute approximate surface area is 97.0 Å². The second kappa shape index (κ2) is 5.70. The van der Waals surface area contributed by atoms with Gasteiger partial charge in [-0.15, -0.1) is 0 Å². The zero-order valence-corrected chi connectivity index (χ0v) is 9.24. The van der Waals surface area contributed by atoms with Crippen molar-refractivity contribution in [3.8, 4) is 0 Å². The maximum Gasteiger partial charge on any atom is 0.305 e. The number of nitrogens with two attached hydrogens (primary N) is 1. The third-order valence-electron chi connectivity index (χ3n) is 2.30. The molecule has 0 aliphatic carbocycles. The van der Waals surface area contributed by atoms with Gasteiger partial charge in [0, 0.05) is 24.3 Å². The number of carbonyl (C=O) groups is 1. The lowest BCUT2D eigenvalue weighted by molar-refractivity contribution is -0.137. The van der Waals surface area contributed by atoms with Crippen LogP contribution in [0.5, 0.6) is 0 Å². The van der Waals surface area contributed by atoms with E-state index in [9.17, 15) is 13.6 Å². The summed E-state index contributed by atoms with van der Waals surface area (Å²) in [6, 6.07) is 1.19. The second-order valence-corrected chi connectivity index (χ2v) is 3.57. The highest BCUT2D eigenvalue weighted by Gasteiger charge is 2.19. The van der Waals surface area contributed by atoms with Gasteiger partial charge in [0.05, 0.1) is 13.0 Å². The van der Waals surface area contributed by atoms with E-state index in [1.54, 1.807) is 0 Å². The van der Waals surface area contributed by atoms with Crippen LogP contribution in [0.25, 0.3) is 0 Å². The zero-order valence-electron chi connectivity index (χ0n) is 9.24. The first-order valence-electron chi connectivity index (χ1n) is 4.90. The molecule has 6 heteroatoms. The number of carboxylic acid groups (broad SMARTS) is 1. The van der Waals surface area contributed by atoms with E-state index in [4.69, 9.17) is 10.8 Å². The van der Waals surface area contributed by atoms with Crippen LogP contribution in [-0.4, -0.2) is 18.2 Å². The Kier molecular flexibility index (Phi) is 4.53. The van der Waals surface area contributed by atoms with E-state index in [-0.39, 0.29) is 17.7 Å². The number of aliphatic carboxylic acids is 1. The van der Waals surface area contributed by atoms with Gasteiger partial charge in [0.15, 0.2) is 0 Å². The van der Waals surface area contributed by atoms with Gasteiger partial charge in [-0.05, 0) is 6.07 Å². The Balaban J connectivity index is 3.09. The molecule has 4 nitrogen and oxygen atoms in total. The van der Waals surface area contributed by atoms with Gasteiger partial charge >= 0.3 is 5.97 Å². The smallest absolute Gasteiger partial charge is 0.305 e. The molecule has 0 fully saturated rings. The number of carboxylic acids is 1. The van der Waals surface area contributed by atoms with Crippen LogP contribution in [-0.2, 0) is 16.1 Å². The maximum atomic E-state index is 13.8. The van der Waals surface area contributed by atoms with Gasteiger partial charge in [0.2, 0.25) is 0 Å². The van der Waals surface area contributed by atoms with E-state index in [2.05, 4.69) is 4.74 Å². The first-order chi connectivity index (χ1) is 7.97. The highest BCUT2D eigenvalue weighted by Crippen LogP contribution is 2.23. The summed E-state index contributed by atoms with van der Waals surface area (Å²) < 4.78 is 31.8. The minimum absolute atomic E-state index is 0.0270. The normalized spacial score (nSPS) is 12.5. The van der Waals surface area contributed by atoms with Gasteiger partial charge in [0.1, 0.15) is 11.6 Å². The van der Waals surface area contributed by atoms with E-state index in [0.29, 0.717) is 0 Å². The number of halogens is 2. The van der Waals surface area contributed by atoms with Gasteiger partial charge in [0.25, 0.3) is 0 Å². The number of ether oxygens (including phenoxy) is 1. The van der Waals surface area contributed by atoms with E-state index in [1.165, 1.54) is 7.11 Å². The van der Waals surface area contributed by atoms with Crippen LogP contribution in [0.1, 0.15) is 23.6 Å². The Bertz CT molecular complexity index is 423. The fourth-order valence-corrected chi connectivity index (χ4v) is 1.48. The van der Waals surface area contributed by atoms with Crippen molar-refractivity contribution in [2.75, 3.05) is 7.11 Å². The molecule has 0 saturated heterocycles. The Morgan fingerprint density at radius 1 is 1.53 bits per heavy atom. The lowest BCUT2D eigenvalue weighted by Crippen LogP contribution is -2.17. The summed E-state index contributed by atoms with van der Waals surface area (Å²) in [6.45, 7) is -0.231. The van der Waals surface area contributed by atoms with Crippen LogP contribution < -0.4 is 5.73 Å². The molecule has 1 rings (SSSR count). The maximum absolute atomic E-state index is 13.8. The minimum atomic E-state index is -1.14. The van der Waals surface area contributed by atoms with Crippen molar-refractivity contribution in [1.82, 2.24) is 0 Å². The minimum Gasteiger partial charge on any atom is -0.481 e. The molecular formula is C11H13F2NO3. The lowest BCUT2D eigenvalue weighted by Gasteiger charge is -2.13. The molecule has 1 aromatic rings. The molecule has 0 spiro atoms. The van der Waals surface area contributed by atoms with Crippen LogP contribution >= 0.6 is 0 Å². The molecule has 17 heavy (non-hydrogen) atoms. The van der Waals surface area contributed by atoms with Crippen LogP contribution in [0.15, 0.2) is 12.1 Å². The highest BCUT2D eigenvalue weighted by atomic mass is 19.1. The van der Waals surface area contributed by atoms with Gasteiger partial charge in [-0.2, -0.15) is 0 Å². The molecule has 0 heterocycles. The average Bonchev–Trinajstić information content (AvgIpc) is 2.23. The monoisotopic (exact) mass is 245 g/mol. The number of hydrogen-bond acceptors (Lipinski definition) is 3. The molecule has 0 aliphatic heterocycles. The van der Waals surface area contributed by atoms with E-state index < -0.39 is 30.1 Å². The third kappa shape index (κ3) is 3.21. The molecule has 0 aromatic heterocycles. The summed E-state index contributed by atoms with van der Waals surface area (Å²) in [5.41, 5.74) is 5.26. The molecule has 1 unspecified atom stereocenters. The van der Waals surface area contributed by atoms with Crippen LogP contribution in [0.2, 0.25) is 0 Å². The van der Waals surface area contributed by atoms with E-state index in [0.717, 1.165) is 12.1 Å². The number of rotatable bonds is 5. The summed E-state index contributed by atoms with van der Waals surface area (Å²) in [6.07, 6.45) is -0.422. The van der Waals surface area contributed by atoms with Gasteiger partial charge in [-0.1, -0.05) is 6.07 Å². The molecule has 0 radical (unpaired) electrons. The first kappa shape index (κ1) is 13.5. The molecule has 0 amide bonds. The molecular weight excluding hydrogens is 232 g/mol. The molecule has 0 aliphatic rings. The third-order valence-corrected chi connectivity index (χ3v) is 2.30. The fourth-order valence-electron chi connectivity index (χ4n) is 1.48. The molecule has 0 bridgehead atoms. The van der Waals surface area contributed by atoms with Crippen LogP contribution in [0, 0.1) is 11.6 Å². The molecule has 3 N–H and O–H groups in total. The van der Waals surface area contributed by atoms with Crippen molar-refractivity contribution in [2.24, 2.45) is 5.73 Å². The summed E-state index contributed by atoms with van der Waals surface area (Å²) in [5, 5.41) is 8.56. The fraction of sp³-hybridized carbons (Fsp3) is 0.364. The van der Waals surface area contributed by atoms with Gasteiger partial charge in [-0.3, -0.25) is 4.79 Å². The molecule has 1 atom stereocenters. The summed E-state index contributed by atoms with van der Waals surface area (Å²) in [5.74, 6) is -2.73. The quantitative estimate of drug-likeness (QED) is 0.826. The molecule has 0 saturated carbocycles. The second-order valence-electron chi connectivity index (χ2n) is 3.57. The summed E-state index contributed by atoms with van der Waals surface area (Å²) in [7, 11) is 1.31. The molecule has 1 aromatic carbocycles. The highest BCUT2D eigenvalue weighted by molar-refractivity contribution is 5.67. The molecule has 94 valence electrons. The summed E-state index contributed by atoms with van der Waals surface area (Å²) in [4.78, 5) is 10.5. The lowest BCUT2D eigenvalue weighted by atomic mass is 10.0. The summed E-state index contributed by atoms with van der Waals surface area (Å²) >= 11 is 0. The number of methoxy groups -OCH3 is 1. The largest absolute Gasteiger partial charge is 0.481 e. The Morgan fingerprint density at radius 2 is 2.18 bits per heavy atom. The van der Waals surface area contributed by atoms with E-state index >= 15 is 0 Å². The predicted octanol–water partition coefficient (Wildman–Crippen LogP) is 1.59. The number of hydrogen-bond donors (Lipinski definition) is 2. The van der Waals surface area contributed by atoms with Gasteiger partial charge in [-0.25, -0.2) is 8.78 Å². The first-order valence-corrected chi connectivity index (χ1v) is 4.90. The predicted molar refractivity (Wildman–Crippen MR) is 56.3 cm³/mol.